The highest BCUT2D eigenvalue weighted by Gasteiger charge is 2.31. The lowest BCUT2D eigenvalue weighted by molar-refractivity contribution is 0.240. The van der Waals surface area contributed by atoms with Crippen LogP contribution in [0.5, 0.6) is 0 Å². The molecular weight excluding hydrogens is 629 g/mol. The summed E-state index contributed by atoms with van der Waals surface area (Å²) in [5.41, 5.74) is 3.78. The van der Waals surface area contributed by atoms with E-state index in [1.807, 2.05) is 55.7 Å². The zero-order valence-electron chi connectivity index (χ0n) is 26.2. The van der Waals surface area contributed by atoms with Crippen molar-refractivity contribution in [1.82, 2.24) is 30.0 Å². The van der Waals surface area contributed by atoms with Gasteiger partial charge >= 0.3 is 6.03 Å². The average Bonchev–Trinajstić information content (AvgIpc) is 3.54. The zero-order chi connectivity index (χ0) is 33.7. The lowest BCUT2D eigenvalue weighted by atomic mass is 9.90. The minimum absolute atomic E-state index is 0.00735. The van der Waals surface area contributed by atoms with Gasteiger partial charge in [-0.2, -0.15) is 10.4 Å². The first-order valence-electron chi connectivity index (χ1n) is 15.4. The molecule has 2 aromatic carbocycles. The largest absolute Gasteiger partial charge is 0.351 e. The van der Waals surface area contributed by atoms with Gasteiger partial charge in [0.1, 0.15) is 11.9 Å². The third-order valence-corrected chi connectivity index (χ3v) is 9.19. The third kappa shape index (κ3) is 7.49. The number of hydrogen-bond donors (Lipinski definition) is 3. The Labute approximate surface area is 278 Å². The molecule has 14 heteroatoms. The van der Waals surface area contributed by atoms with Crippen LogP contribution in [0.25, 0.3) is 22.4 Å². The number of primary sulfonamides is 1. The molecule has 2 amide bonds. The van der Waals surface area contributed by atoms with Crippen molar-refractivity contribution >= 4 is 27.8 Å². The van der Waals surface area contributed by atoms with E-state index in [4.69, 9.17) is 10.1 Å². The van der Waals surface area contributed by atoms with E-state index in [1.54, 1.807) is 34.1 Å². The standard InChI is InChI=1S/C34H34N10O3S/c1-43-22-27(21-40-43)25-10-15-31(37-19-25)44(34(45)39-18-23-6-3-2-4-7-23)29-13-11-28(12-14-29)41-33-38-20-26(17-35)32(42-33)24-8-5-9-30(16-24)48(36,46)47/h2-10,15-16,19-22,28-29H,11-14,18H2,1H3,(H,39,45)(H2,36,46,47)(H,38,41,42)/t28-,29-. The van der Waals surface area contributed by atoms with Crippen molar-refractivity contribution in [1.29, 1.82) is 5.26 Å². The summed E-state index contributed by atoms with van der Waals surface area (Å²) in [4.78, 5) is 29.0. The molecule has 0 spiro atoms. The predicted octanol–water partition coefficient (Wildman–Crippen LogP) is 4.60. The van der Waals surface area contributed by atoms with Crippen LogP contribution in [-0.2, 0) is 23.6 Å². The van der Waals surface area contributed by atoms with Crippen molar-refractivity contribution in [3.63, 3.8) is 0 Å². The van der Waals surface area contributed by atoms with Gasteiger partial charge in [0.2, 0.25) is 16.0 Å². The normalized spacial score (nSPS) is 16.1. The number of carbonyl (C=O) groups is 1. The molecule has 1 aliphatic carbocycles. The second-order valence-corrected chi connectivity index (χ2v) is 13.2. The second kappa shape index (κ2) is 14.0. The van der Waals surface area contributed by atoms with Crippen LogP contribution < -0.4 is 20.7 Å². The summed E-state index contributed by atoms with van der Waals surface area (Å²) in [5.74, 6) is 0.880. The number of anilines is 2. The van der Waals surface area contributed by atoms with Crippen molar-refractivity contribution in [3.8, 4) is 28.5 Å². The Kier molecular flexibility index (Phi) is 9.42. The molecule has 0 atom stereocenters. The summed E-state index contributed by atoms with van der Waals surface area (Å²) in [6, 6.07) is 21.3. The number of sulfonamides is 1. The Morgan fingerprint density at radius 2 is 1.77 bits per heavy atom. The number of benzene rings is 2. The number of nitrogens with zero attached hydrogens (tertiary/aromatic N) is 7. The summed E-state index contributed by atoms with van der Waals surface area (Å²) in [6.45, 7) is 0.388. The topological polar surface area (TPSA) is 185 Å². The van der Waals surface area contributed by atoms with E-state index in [9.17, 15) is 18.5 Å². The Bertz CT molecular complexity index is 2050. The molecular formula is C34H34N10O3S. The molecule has 1 saturated carbocycles. The number of nitrogens with two attached hydrogens (primary N) is 1. The van der Waals surface area contributed by atoms with Gasteiger partial charge in [-0.25, -0.2) is 33.3 Å². The van der Waals surface area contributed by atoms with Crippen LogP contribution in [0.2, 0.25) is 0 Å². The van der Waals surface area contributed by atoms with Gasteiger partial charge in [0, 0.05) is 54.8 Å². The van der Waals surface area contributed by atoms with Gasteiger partial charge in [0.15, 0.2) is 0 Å². The molecule has 3 heterocycles. The summed E-state index contributed by atoms with van der Waals surface area (Å²) in [6.07, 6.45) is 9.70. The van der Waals surface area contributed by atoms with Crippen molar-refractivity contribution in [2.75, 3.05) is 10.2 Å². The first-order chi connectivity index (χ1) is 23.2. The fraction of sp³-hybridized carbons (Fsp3) is 0.235. The van der Waals surface area contributed by atoms with E-state index in [0.717, 1.165) is 29.5 Å². The van der Waals surface area contributed by atoms with Gasteiger partial charge in [0.05, 0.1) is 28.5 Å². The van der Waals surface area contributed by atoms with Crippen molar-refractivity contribution in [2.45, 2.75) is 49.2 Å². The minimum atomic E-state index is -3.94. The summed E-state index contributed by atoms with van der Waals surface area (Å²) in [7, 11) is -2.08. The van der Waals surface area contributed by atoms with E-state index in [-0.39, 0.29) is 28.6 Å². The van der Waals surface area contributed by atoms with Crippen LogP contribution in [0.1, 0.15) is 36.8 Å². The molecule has 1 fully saturated rings. The number of nitrogens with one attached hydrogen (secondary N) is 2. The third-order valence-electron chi connectivity index (χ3n) is 8.28. The smallest absolute Gasteiger partial charge is 0.323 e. The number of pyridine rings is 1. The van der Waals surface area contributed by atoms with E-state index < -0.39 is 10.0 Å². The fourth-order valence-corrected chi connectivity index (χ4v) is 6.38. The van der Waals surface area contributed by atoms with Crippen molar-refractivity contribution in [2.24, 2.45) is 12.2 Å². The molecule has 0 unspecified atom stereocenters. The van der Waals surface area contributed by atoms with Gasteiger partial charge in [0.25, 0.3) is 0 Å². The number of nitriles is 1. The molecule has 0 saturated heterocycles. The SMILES string of the molecule is Cn1cc(-c2ccc(N(C(=O)NCc3ccccc3)[C@H]3CC[C@H](Nc4ncc(C#N)c(-c5cccc(S(N)(=O)=O)c5)n4)CC3)nc2)cn1. The Morgan fingerprint density at radius 3 is 2.44 bits per heavy atom. The Hall–Kier alpha value is -5.65. The van der Waals surface area contributed by atoms with Crippen LogP contribution in [0.4, 0.5) is 16.6 Å². The first kappa shape index (κ1) is 32.3. The van der Waals surface area contributed by atoms with Gasteiger partial charge in [-0.3, -0.25) is 9.58 Å². The van der Waals surface area contributed by atoms with E-state index >= 15 is 0 Å². The molecule has 0 aliphatic heterocycles. The van der Waals surface area contributed by atoms with E-state index in [0.29, 0.717) is 42.4 Å². The number of aryl methyl sites for hydroxylation is 1. The molecule has 1 aliphatic rings. The summed E-state index contributed by atoms with van der Waals surface area (Å²) < 4.78 is 25.6. The summed E-state index contributed by atoms with van der Waals surface area (Å²) >= 11 is 0. The van der Waals surface area contributed by atoms with Crippen LogP contribution in [-0.4, -0.2) is 51.3 Å². The zero-order valence-corrected chi connectivity index (χ0v) is 27.0. The summed E-state index contributed by atoms with van der Waals surface area (Å²) in [5, 5.41) is 25.7. The maximum atomic E-state index is 13.7. The molecule has 0 radical (unpaired) electrons. The molecule has 13 nitrogen and oxygen atoms in total. The highest BCUT2D eigenvalue weighted by molar-refractivity contribution is 7.89. The molecule has 5 aromatic rings. The quantitative estimate of drug-likeness (QED) is 0.203. The lowest BCUT2D eigenvalue weighted by Gasteiger charge is -2.36. The number of urea groups is 1. The Balaban J connectivity index is 1.18. The monoisotopic (exact) mass is 662 g/mol. The first-order valence-corrected chi connectivity index (χ1v) is 17.0. The Morgan fingerprint density at radius 1 is 0.979 bits per heavy atom. The number of aromatic nitrogens is 5. The highest BCUT2D eigenvalue weighted by Crippen LogP contribution is 2.30. The minimum Gasteiger partial charge on any atom is -0.351 e. The van der Waals surface area contributed by atoms with Gasteiger partial charge in [-0.15, -0.1) is 0 Å². The maximum absolute atomic E-state index is 13.7. The molecule has 0 bridgehead atoms. The number of hydrogen-bond acceptors (Lipinski definition) is 9. The van der Waals surface area contributed by atoms with Crippen LogP contribution >= 0.6 is 0 Å². The number of rotatable bonds is 9. The maximum Gasteiger partial charge on any atom is 0.323 e. The molecule has 3 aromatic heterocycles. The fourth-order valence-electron chi connectivity index (χ4n) is 5.82. The van der Waals surface area contributed by atoms with E-state index in [2.05, 4.69) is 31.8 Å². The second-order valence-electron chi connectivity index (χ2n) is 11.6. The predicted molar refractivity (Wildman–Crippen MR) is 181 cm³/mol. The van der Waals surface area contributed by atoms with Gasteiger partial charge in [-0.1, -0.05) is 42.5 Å². The number of carbonyl (C=O) groups excluding carboxylic acids is 1. The van der Waals surface area contributed by atoms with Crippen molar-refractivity contribution < 1.29 is 13.2 Å². The van der Waals surface area contributed by atoms with E-state index in [1.165, 1.54) is 18.3 Å². The van der Waals surface area contributed by atoms with Gasteiger partial charge in [-0.05, 0) is 55.5 Å². The average molecular weight is 663 g/mol. The number of amides is 2. The molecule has 48 heavy (non-hydrogen) atoms. The highest BCUT2D eigenvalue weighted by atomic mass is 32.2. The van der Waals surface area contributed by atoms with Gasteiger partial charge < -0.3 is 10.6 Å². The van der Waals surface area contributed by atoms with Crippen LogP contribution in [0.3, 0.4) is 0 Å². The van der Waals surface area contributed by atoms with Crippen LogP contribution in [0.15, 0.2) is 96.4 Å². The lowest BCUT2D eigenvalue weighted by Crippen LogP contribution is -2.49. The van der Waals surface area contributed by atoms with Crippen molar-refractivity contribution in [3.05, 3.63) is 103 Å². The molecule has 6 rings (SSSR count). The van der Waals surface area contributed by atoms with Crippen LogP contribution in [0, 0.1) is 11.3 Å². The molecule has 4 N–H and O–H groups in total. The molecule has 244 valence electrons.